The average molecular weight is 447 g/mol. The molecule has 7 aromatic rings. The Kier molecular flexibility index (Phi) is 4.53. The van der Waals surface area contributed by atoms with Gasteiger partial charge in [-0.25, -0.2) is 0 Å². The summed E-state index contributed by atoms with van der Waals surface area (Å²) in [6.07, 6.45) is 0. The topological polar surface area (TPSA) is 13.1 Å². The highest BCUT2D eigenvalue weighted by molar-refractivity contribution is 6.06. The van der Waals surface area contributed by atoms with E-state index in [1.54, 1.807) is 0 Å². The molecule has 1 heteroatoms. The Hall–Kier alpha value is -4.62. The van der Waals surface area contributed by atoms with E-state index in [1.165, 1.54) is 44.2 Å². The van der Waals surface area contributed by atoms with E-state index in [0.717, 1.165) is 21.9 Å². The smallest absolute Gasteiger partial charge is 0.135 e. The first kappa shape index (κ1) is 19.8. The predicted octanol–water partition coefficient (Wildman–Crippen LogP) is 9.74. The molecule has 0 fully saturated rings. The Morgan fingerprint density at radius 3 is 1.54 bits per heavy atom. The van der Waals surface area contributed by atoms with Gasteiger partial charge in [0.25, 0.3) is 0 Å². The van der Waals surface area contributed by atoms with Crippen LogP contribution in [-0.4, -0.2) is 0 Å². The minimum absolute atomic E-state index is 0.929. The fraction of sp³-hybridized carbons (Fsp3) is 0. The van der Waals surface area contributed by atoms with Crippen LogP contribution in [0.2, 0.25) is 0 Å². The summed E-state index contributed by atoms with van der Waals surface area (Å²) in [4.78, 5) is 0. The summed E-state index contributed by atoms with van der Waals surface area (Å²) in [6.45, 7) is 0. The molecule has 7 rings (SSSR count). The lowest BCUT2D eigenvalue weighted by Crippen LogP contribution is -1.83. The number of fused-ring (bicyclic) bond motifs is 4. The standard InChI is InChI=1S/C34H22O/c1-2-6-23(7-3-1)24-10-12-25(13-11-24)26-14-15-28-21-29(17-16-27(28)20-26)30-18-19-34-32(22-30)31-8-4-5-9-33(31)35-34/h1-22H. The first-order valence-electron chi connectivity index (χ1n) is 11.9. The van der Waals surface area contributed by atoms with Crippen LogP contribution >= 0.6 is 0 Å². The van der Waals surface area contributed by atoms with Crippen molar-refractivity contribution in [2.45, 2.75) is 0 Å². The summed E-state index contributed by atoms with van der Waals surface area (Å²) in [7, 11) is 0. The maximum atomic E-state index is 6.00. The van der Waals surface area contributed by atoms with Crippen LogP contribution in [0.25, 0.3) is 66.1 Å². The summed E-state index contributed by atoms with van der Waals surface area (Å²) >= 11 is 0. The number of furan rings is 1. The molecule has 0 bridgehead atoms. The fourth-order valence-corrected chi connectivity index (χ4v) is 5.00. The molecule has 0 aliphatic rings. The van der Waals surface area contributed by atoms with Crippen LogP contribution in [0.15, 0.2) is 138 Å². The van der Waals surface area contributed by atoms with E-state index < -0.39 is 0 Å². The molecule has 0 atom stereocenters. The number of rotatable bonds is 3. The Morgan fingerprint density at radius 2 is 0.800 bits per heavy atom. The Balaban J connectivity index is 1.23. The van der Waals surface area contributed by atoms with E-state index in [2.05, 4.69) is 121 Å². The van der Waals surface area contributed by atoms with Gasteiger partial charge < -0.3 is 4.42 Å². The van der Waals surface area contributed by atoms with Crippen molar-refractivity contribution < 1.29 is 4.42 Å². The molecule has 1 aromatic heterocycles. The SMILES string of the molecule is c1ccc(-c2ccc(-c3ccc4cc(-c5ccc6oc7ccccc7c6c5)ccc4c3)cc2)cc1. The van der Waals surface area contributed by atoms with Crippen molar-refractivity contribution in [2.24, 2.45) is 0 Å². The van der Waals surface area contributed by atoms with Crippen LogP contribution in [0.5, 0.6) is 0 Å². The van der Waals surface area contributed by atoms with Gasteiger partial charge in [-0.1, -0.05) is 103 Å². The van der Waals surface area contributed by atoms with E-state index in [0.29, 0.717) is 0 Å². The maximum absolute atomic E-state index is 6.00. The Bertz CT molecular complexity index is 1820. The van der Waals surface area contributed by atoms with Crippen molar-refractivity contribution in [1.82, 2.24) is 0 Å². The van der Waals surface area contributed by atoms with Crippen molar-refractivity contribution in [3.05, 3.63) is 133 Å². The van der Waals surface area contributed by atoms with E-state index in [1.807, 2.05) is 12.1 Å². The van der Waals surface area contributed by atoms with Gasteiger partial charge in [-0.15, -0.1) is 0 Å². The van der Waals surface area contributed by atoms with Gasteiger partial charge in [0, 0.05) is 10.8 Å². The maximum Gasteiger partial charge on any atom is 0.135 e. The van der Waals surface area contributed by atoms with Crippen LogP contribution < -0.4 is 0 Å². The highest BCUT2D eigenvalue weighted by Crippen LogP contribution is 2.34. The number of hydrogen-bond acceptors (Lipinski definition) is 1. The lowest BCUT2D eigenvalue weighted by molar-refractivity contribution is 0.669. The third kappa shape index (κ3) is 3.50. The summed E-state index contributed by atoms with van der Waals surface area (Å²) in [5, 5.41) is 4.80. The van der Waals surface area contributed by atoms with Gasteiger partial charge in [-0.05, 0) is 74.5 Å². The molecule has 0 aliphatic heterocycles. The minimum Gasteiger partial charge on any atom is -0.456 e. The molecule has 0 saturated carbocycles. The summed E-state index contributed by atoms with van der Waals surface area (Å²) in [5.41, 5.74) is 9.22. The molecule has 0 radical (unpaired) electrons. The van der Waals surface area contributed by atoms with Gasteiger partial charge in [-0.2, -0.15) is 0 Å². The van der Waals surface area contributed by atoms with Gasteiger partial charge in [0.15, 0.2) is 0 Å². The Labute approximate surface area is 203 Å². The fourth-order valence-electron chi connectivity index (χ4n) is 5.00. The van der Waals surface area contributed by atoms with Gasteiger partial charge in [0.05, 0.1) is 0 Å². The molecule has 1 nitrogen and oxygen atoms in total. The summed E-state index contributed by atoms with van der Waals surface area (Å²) in [5.74, 6) is 0. The van der Waals surface area contributed by atoms with Gasteiger partial charge in [0.2, 0.25) is 0 Å². The zero-order valence-corrected chi connectivity index (χ0v) is 19.1. The lowest BCUT2D eigenvalue weighted by atomic mass is 9.96. The molecule has 0 amide bonds. The quantitative estimate of drug-likeness (QED) is 0.263. The van der Waals surface area contributed by atoms with Crippen molar-refractivity contribution in [1.29, 1.82) is 0 Å². The van der Waals surface area contributed by atoms with Crippen molar-refractivity contribution >= 4 is 32.7 Å². The molecule has 35 heavy (non-hydrogen) atoms. The second kappa shape index (κ2) is 8.00. The minimum atomic E-state index is 0.929. The molecule has 164 valence electrons. The largest absolute Gasteiger partial charge is 0.456 e. The Morgan fingerprint density at radius 1 is 0.314 bits per heavy atom. The monoisotopic (exact) mass is 446 g/mol. The normalized spacial score (nSPS) is 11.4. The van der Waals surface area contributed by atoms with Crippen molar-refractivity contribution in [2.75, 3.05) is 0 Å². The molecule has 0 aliphatic carbocycles. The van der Waals surface area contributed by atoms with Gasteiger partial charge in [-0.3, -0.25) is 0 Å². The highest BCUT2D eigenvalue weighted by Gasteiger charge is 2.09. The summed E-state index contributed by atoms with van der Waals surface area (Å²) in [6, 6.07) is 47.5. The molecule has 1 heterocycles. The van der Waals surface area contributed by atoms with Crippen molar-refractivity contribution in [3.8, 4) is 33.4 Å². The van der Waals surface area contributed by atoms with Gasteiger partial charge in [0.1, 0.15) is 11.2 Å². The van der Waals surface area contributed by atoms with Crippen LogP contribution in [0.1, 0.15) is 0 Å². The highest BCUT2D eigenvalue weighted by atomic mass is 16.3. The van der Waals surface area contributed by atoms with E-state index >= 15 is 0 Å². The van der Waals surface area contributed by atoms with Crippen LogP contribution in [0.3, 0.4) is 0 Å². The molecule has 0 spiro atoms. The van der Waals surface area contributed by atoms with Gasteiger partial charge >= 0.3 is 0 Å². The number of para-hydroxylation sites is 1. The van der Waals surface area contributed by atoms with E-state index in [4.69, 9.17) is 4.42 Å². The third-order valence-corrected chi connectivity index (χ3v) is 6.88. The first-order valence-corrected chi connectivity index (χ1v) is 11.9. The predicted molar refractivity (Wildman–Crippen MR) is 148 cm³/mol. The second-order valence-corrected chi connectivity index (χ2v) is 9.03. The average Bonchev–Trinajstić information content (AvgIpc) is 3.31. The number of benzene rings is 6. The second-order valence-electron chi connectivity index (χ2n) is 9.03. The molecule has 0 saturated heterocycles. The molecular formula is C34H22O. The van der Waals surface area contributed by atoms with E-state index in [9.17, 15) is 0 Å². The molecule has 6 aromatic carbocycles. The van der Waals surface area contributed by atoms with Crippen LogP contribution in [-0.2, 0) is 0 Å². The van der Waals surface area contributed by atoms with Crippen LogP contribution in [0, 0.1) is 0 Å². The van der Waals surface area contributed by atoms with Crippen LogP contribution in [0.4, 0.5) is 0 Å². The molecule has 0 unspecified atom stereocenters. The lowest BCUT2D eigenvalue weighted by Gasteiger charge is -2.08. The first-order chi connectivity index (χ1) is 17.3. The zero-order chi connectivity index (χ0) is 23.2. The zero-order valence-electron chi connectivity index (χ0n) is 19.1. The molecule has 0 N–H and O–H groups in total. The van der Waals surface area contributed by atoms with Crippen molar-refractivity contribution in [3.63, 3.8) is 0 Å². The van der Waals surface area contributed by atoms with E-state index in [-0.39, 0.29) is 0 Å². The molecular weight excluding hydrogens is 424 g/mol. The number of hydrogen-bond donors (Lipinski definition) is 0. The summed E-state index contributed by atoms with van der Waals surface area (Å²) < 4.78 is 6.00. The third-order valence-electron chi connectivity index (χ3n) is 6.88.